The molecule has 0 bridgehead atoms. The minimum Gasteiger partial charge on any atom is -0.479 e. The highest BCUT2D eigenvalue weighted by molar-refractivity contribution is 7.89. The van der Waals surface area contributed by atoms with Crippen molar-refractivity contribution in [3.8, 4) is 0 Å². The summed E-state index contributed by atoms with van der Waals surface area (Å²) in [6.07, 6.45) is -0.264. The number of nitrogens with one attached hydrogen (secondary N) is 1. The average molecular weight is 372 g/mol. The molecular weight excluding hydrogens is 351 g/mol. The third-order valence-electron chi connectivity index (χ3n) is 3.98. The van der Waals surface area contributed by atoms with E-state index in [4.69, 9.17) is 5.11 Å². The third-order valence-corrected chi connectivity index (χ3v) is 5.42. The average Bonchev–Trinajstić information content (AvgIpc) is 2.96. The van der Waals surface area contributed by atoms with E-state index in [9.17, 15) is 22.4 Å². The van der Waals surface area contributed by atoms with Crippen molar-refractivity contribution in [2.24, 2.45) is 5.92 Å². The molecular formula is C16H21FN2O5S. The lowest BCUT2D eigenvalue weighted by atomic mass is 10.1. The van der Waals surface area contributed by atoms with E-state index in [1.54, 1.807) is 0 Å². The van der Waals surface area contributed by atoms with Crippen LogP contribution in [-0.4, -0.2) is 55.6 Å². The van der Waals surface area contributed by atoms with E-state index < -0.39 is 34.1 Å². The smallest absolute Gasteiger partial charge is 0.343 e. The molecule has 0 spiro atoms. The molecule has 1 aromatic carbocycles. The summed E-state index contributed by atoms with van der Waals surface area (Å²) >= 11 is 0. The summed E-state index contributed by atoms with van der Waals surface area (Å²) in [6.45, 7) is 3.53. The molecule has 0 aromatic heterocycles. The zero-order valence-electron chi connectivity index (χ0n) is 14.0. The summed E-state index contributed by atoms with van der Waals surface area (Å²) in [7, 11) is -3.66. The first-order valence-corrected chi connectivity index (χ1v) is 9.35. The molecule has 2 N–H and O–H groups in total. The van der Waals surface area contributed by atoms with Crippen molar-refractivity contribution in [1.82, 2.24) is 9.62 Å². The van der Waals surface area contributed by atoms with Crippen LogP contribution in [0.2, 0.25) is 0 Å². The number of benzene rings is 1. The Hall–Kier alpha value is -2.00. The van der Waals surface area contributed by atoms with Gasteiger partial charge >= 0.3 is 5.97 Å². The number of carboxylic acid groups (broad SMARTS) is 1. The normalized spacial score (nSPS) is 20.9. The van der Waals surface area contributed by atoms with Crippen LogP contribution in [0.1, 0.15) is 30.6 Å². The van der Waals surface area contributed by atoms with Crippen LogP contribution in [0, 0.1) is 5.92 Å². The summed E-state index contributed by atoms with van der Waals surface area (Å²) in [6, 6.07) is 5.27. The van der Waals surface area contributed by atoms with Gasteiger partial charge in [0.1, 0.15) is 0 Å². The molecule has 1 aliphatic rings. The van der Waals surface area contributed by atoms with Gasteiger partial charge in [0, 0.05) is 25.1 Å². The molecule has 7 nitrogen and oxygen atoms in total. The van der Waals surface area contributed by atoms with Crippen LogP contribution < -0.4 is 4.72 Å². The van der Waals surface area contributed by atoms with E-state index in [-0.39, 0.29) is 29.3 Å². The fraction of sp³-hybridized carbons (Fsp3) is 0.500. The van der Waals surface area contributed by atoms with Crippen LogP contribution in [-0.2, 0) is 14.8 Å². The molecule has 1 heterocycles. The second-order valence-electron chi connectivity index (χ2n) is 6.52. The highest BCUT2D eigenvalue weighted by atomic mass is 32.2. The van der Waals surface area contributed by atoms with Crippen LogP contribution in [0.3, 0.4) is 0 Å². The number of likely N-dealkylation sites (tertiary alicyclic amines) is 1. The van der Waals surface area contributed by atoms with Gasteiger partial charge < -0.3 is 10.0 Å². The van der Waals surface area contributed by atoms with Crippen LogP contribution >= 0.6 is 0 Å². The number of carbonyl (C=O) groups excluding carboxylic acids is 1. The van der Waals surface area contributed by atoms with E-state index in [1.807, 2.05) is 13.8 Å². The molecule has 0 radical (unpaired) electrons. The molecule has 1 aliphatic heterocycles. The van der Waals surface area contributed by atoms with Crippen LogP contribution in [0.15, 0.2) is 29.2 Å². The van der Waals surface area contributed by atoms with Crippen molar-refractivity contribution < 1.29 is 27.5 Å². The predicted molar refractivity (Wildman–Crippen MR) is 88.5 cm³/mol. The van der Waals surface area contributed by atoms with Gasteiger partial charge in [-0.2, -0.15) is 0 Å². The molecule has 1 aromatic rings. The van der Waals surface area contributed by atoms with Crippen molar-refractivity contribution in [2.45, 2.75) is 30.8 Å². The molecule has 2 rings (SSSR count). The molecule has 1 saturated heterocycles. The fourth-order valence-corrected chi connectivity index (χ4v) is 3.65. The Morgan fingerprint density at radius 3 is 2.40 bits per heavy atom. The standard InChI is InChI=1S/C16H21FN2O5S/c1-11(2)9-18-25(23,24)13-5-3-12(4-6-13)14(20)19-8-7-16(17,10-19)15(21)22/h3-6,11,18H,7-10H2,1-2H3,(H,21,22). The summed E-state index contributed by atoms with van der Waals surface area (Å²) in [5.74, 6) is -1.96. The molecule has 0 saturated carbocycles. The topological polar surface area (TPSA) is 104 Å². The Morgan fingerprint density at radius 1 is 1.32 bits per heavy atom. The largest absolute Gasteiger partial charge is 0.479 e. The highest BCUT2D eigenvalue weighted by Gasteiger charge is 2.46. The maximum atomic E-state index is 14.1. The summed E-state index contributed by atoms with van der Waals surface area (Å²) in [4.78, 5) is 24.4. The lowest BCUT2D eigenvalue weighted by molar-refractivity contribution is -0.149. The Balaban J connectivity index is 2.10. The SMILES string of the molecule is CC(C)CNS(=O)(=O)c1ccc(C(=O)N2CCC(F)(C(=O)O)C2)cc1. The molecule has 1 amide bonds. The van der Waals surface area contributed by atoms with E-state index in [2.05, 4.69) is 4.72 Å². The number of hydrogen-bond acceptors (Lipinski definition) is 4. The van der Waals surface area contributed by atoms with E-state index in [0.29, 0.717) is 6.54 Å². The van der Waals surface area contributed by atoms with Crippen molar-refractivity contribution in [3.63, 3.8) is 0 Å². The molecule has 138 valence electrons. The van der Waals surface area contributed by atoms with Gasteiger partial charge in [0.15, 0.2) is 0 Å². The fourth-order valence-electron chi connectivity index (χ4n) is 2.44. The number of nitrogens with zero attached hydrogens (tertiary/aromatic N) is 1. The Bertz CT molecular complexity index is 763. The van der Waals surface area contributed by atoms with E-state index in [1.165, 1.54) is 24.3 Å². The minimum atomic E-state index is -3.66. The Morgan fingerprint density at radius 2 is 1.92 bits per heavy atom. The van der Waals surface area contributed by atoms with Crippen molar-refractivity contribution >= 4 is 21.9 Å². The Kier molecular flexibility index (Phi) is 5.48. The third kappa shape index (κ3) is 4.35. The first kappa shape index (κ1) is 19.3. The van der Waals surface area contributed by atoms with Gasteiger partial charge in [0.25, 0.3) is 5.91 Å². The quantitative estimate of drug-likeness (QED) is 0.782. The van der Waals surface area contributed by atoms with Crippen LogP contribution in [0.25, 0.3) is 0 Å². The lowest BCUT2D eigenvalue weighted by Gasteiger charge is -2.18. The number of aliphatic carboxylic acids is 1. The molecule has 25 heavy (non-hydrogen) atoms. The van der Waals surface area contributed by atoms with Crippen LogP contribution in [0.5, 0.6) is 0 Å². The van der Waals surface area contributed by atoms with Crippen molar-refractivity contribution in [3.05, 3.63) is 29.8 Å². The zero-order valence-corrected chi connectivity index (χ0v) is 14.8. The maximum Gasteiger partial charge on any atom is 0.343 e. The van der Waals surface area contributed by atoms with E-state index >= 15 is 0 Å². The molecule has 9 heteroatoms. The number of hydrogen-bond donors (Lipinski definition) is 2. The number of carbonyl (C=O) groups is 2. The van der Waals surface area contributed by atoms with Gasteiger partial charge in [-0.05, 0) is 30.2 Å². The Labute approximate surface area is 145 Å². The van der Waals surface area contributed by atoms with Crippen molar-refractivity contribution in [2.75, 3.05) is 19.6 Å². The summed E-state index contributed by atoms with van der Waals surface area (Å²) in [5, 5.41) is 8.87. The first-order chi connectivity index (χ1) is 11.5. The minimum absolute atomic E-state index is 0.00235. The number of rotatable bonds is 6. The monoisotopic (exact) mass is 372 g/mol. The summed E-state index contributed by atoms with van der Waals surface area (Å²) in [5.41, 5.74) is -2.25. The van der Waals surface area contributed by atoms with Gasteiger partial charge in [0.05, 0.1) is 11.4 Å². The van der Waals surface area contributed by atoms with Gasteiger partial charge in [-0.15, -0.1) is 0 Å². The lowest BCUT2D eigenvalue weighted by Crippen LogP contribution is -2.38. The summed E-state index contributed by atoms with van der Waals surface area (Å²) < 4.78 is 40.7. The predicted octanol–water partition coefficient (Wildman–Crippen LogP) is 1.26. The number of carboxylic acids is 1. The van der Waals surface area contributed by atoms with Crippen molar-refractivity contribution in [1.29, 1.82) is 0 Å². The second-order valence-corrected chi connectivity index (χ2v) is 8.28. The van der Waals surface area contributed by atoms with Gasteiger partial charge in [-0.25, -0.2) is 22.3 Å². The number of halogens is 1. The highest BCUT2D eigenvalue weighted by Crippen LogP contribution is 2.27. The van der Waals surface area contributed by atoms with Gasteiger partial charge in [0.2, 0.25) is 15.7 Å². The number of amides is 1. The zero-order chi connectivity index (χ0) is 18.8. The first-order valence-electron chi connectivity index (χ1n) is 7.86. The van der Waals surface area contributed by atoms with E-state index in [0.717, 1.165) is 4.90 Å². The second kappa shape index (κ2) is 7.09. The number of alkyl halides is 1. The van der Waals surface area contributed by atoms with Gasteiger partial charge in [-0.1, -0.05) is 13.8 Å². The number of sulfonamides is 1. The molecule has 0 aliphatic carbocycles. The molecule has 1 fully saturated rings. The molecule has 1 unspecified atom stereocenters. The molecule has 1 atom stereocenters. The maximum absolute atomic E-state index is 14.1. The van der Waals surface area contributed by atoms with Gasteiger partial charge in [-0.3, -0.25) is 4.79 Å². The van der Waals surface area contributed by atoms with Crippen LogP contribution in [0.4, 0.5) is 4.39 Å².